The van der Waals surface area contributed by atoms with Crippen LogP contribution in [-0.2, 0) is 6.42 Å². The first kappa shape index (κ1) is 15.5. The number of pyridine rings is 1. The first-order chi connectivity index (χ1) is 11.4. The van der Waals surface area contributed by atoms with Gasteiger partial charge in [-0.05, 0) is 31.9 Å². The average molecular weight is 314 g/mol. The summed E-state index contributed by atoms with van der Waals surface area (Å²) < 4.78 is 5.26. The summed E-state index contributed by atoms with van der Waals surface area (Å²) in [5.41, 5.74) is 0.695. The van der Waals surface area contributed by atoms with Crippen LogP contribution in [0, 0.1) is 0 Å². The van der Waals surface area contributed by atoms with Crippen LogP contribution < -0.4 is 5.32 Å². The maximum Gasteiger partial charge on any atom is 0.276 e. The van der Waals surface area contributed by atoms with Gasteiger partial charge in [-0.25, -0.2) is 0 Å². The van der Waals surface area contributed by atoms with Gasteiger partial charge in [0.05, 0.1) is 0 Å². The molecule has 1 aliphatic rings. The van der Waals surface area contributed by atoms with Crippen molar-refractivity contribution in [1.29, 1.82) is 0 Å². The van der Waals surface area contributed by atoms with E-state index in [0.717, 1.165) is 25.6 Å². The number of likely N-dealkylation sites (tertiary alicyclic amines) is 1. The van der Waals surface area contributed by atoms with Crippen molar-refractivity contribution < 1.29 is 4.52 Å². The van der Waals surface area contributed by atoms with Gasteiger partial charge in [0.15, 0.2) is 11.8 Å². The fraction of sp³-hybridized carbons (Fsp3) is 0.500. The third-order valence-corrected chi connectivity index (χ3v) is 3.69. The Morgan fingerprint density at radius 3 is 2.96 bits per heavy atom. The van der Waals surface area contributed by atoms with E-state index in [1.807, 2.05) is 18.2 Å². The quantitative estimate of drug-likeness (QED) is 0.669. The Morgan fingerprint density at radius 1 is 1.35 bits per heavy atom. The molecule has 7 nitrogen and oxygen atoms in total. The van der Waals surface area contributed by atoms with Gasteiger partial charge in [0.2, 0.25) is 0 Å². The van der Waals surface area contributed by atoms with E-state index in [1.165, 1.54) is 12.8 Å². The number of nitrogens with zero attached hydrogens (tertiary/aromatic N) is 5. The molecule has 0 bridgehead atoms. The molecule has 0 spiro atoms. The molecule has 3 heterocycles. The first-order valence-corrected chi connectivity index (χ1v) is 8.14. The molecule has 7 heteroatoms. The first-order valence-electron chi connectivity index (χ1n) is 8.14. The third kappa shape index (κ3) is 4.06. The van der Waals surface area contributed by atoms with E-state index in [0.29, 0.717) is 30.4 Å². The summed E-state index contributed by atoms with van der Waals surface area (Å²) in [5.74, 6) is 2.10. The standard InChI is InChI=1S/C16H22N6O/c1-2-17-16(22-11-5-6-12-22)19-10-8-14-20-15(23-21-14)13-7-3-4-9-18-13/h3-4,7,9H,2,5-6,8,10-12H2,1H3,(H,17,19). The van der Waals surface area contributed by atoms with Crippen molar-refractivity contribution in [1.82, 2.24) is 25.3 Å². The molecule has 2 aromatic heterocycles. The molecule has 1 saturated heterocycles. The van der Waals surface area contributed by atoms with E-state index in [-0.39, 0.29) is 0 Å². The summed E-state index contributed by atoms with van der Waals surface area (Å²) in [6.45, 7) is 5.76. The Labute approximate surface area is 135 Å². The van der Waals surface area contributed by atoms with Crippen LogP contribution in [0.5, 0.6) is 0 Å². The molecule has 0 amide bonds. The molecule has 122 valence electrons. The number of hydrogen-bond donors (Lipinski definition) is 1. The minimum atomic E-state index is 0.455. The molecule has 3 rings (SSSR count). The number of aliphatic imine (C=N–C) groups is 1. The lowest BCUT2D eigenvalue weighted by molar-refractivity contribution is 0.421. The van der Waals surface area contributed by atoms with E-state index in [9.17, 15) is 0 Å². The lowest BCUT2D eigenvalue weighted by atomic mass is 10.3. The fourth-order valence-corrected chi connectivity index (χ4v) is 2.57. The fourth-order valence-electron chi connectivity index (χ4n) is 2.57. The highest BCUT2D eigenvalue weighted by Crippen LogP contribution is 2.13. The molecular formula is C16H22N6O. The highest BCUT2D eigenvalue weighted by molar-refractivity contribution is 5.80. The molecule has 1 aliphatic heterocycles. The van der Waals surface area contributed by atoms with Crippen molar-refractivity contribution in [3.05, 3.63) is 30.2 Å². The minimum absolute atomic E-state index is 0.455. The molecule has 23 heavy (non-hydrogen) atoms. The van der Waals surface area contributed by atoms with Crippen LogP contribution in [0.4, 0.5) is 0 Å². The van der Waals surface area contributed by atoms with E-state index in [4.69, 9.17) is 4.52 Å². The normalized spacial score (nSPS) is 15.2. The molecular weight excluding hydrogens is 292 g/mol. The number of guanidine groups is 1. The Hall–Kier alpha value is -2.44. The molecule has 1 fully saturated rings. The van der Waals surface area contributed by atoms with Crippen molar-refractivity contribution in [3.63, 3.8) is 0 Å². The zero-order valence-electron chi connectivity index (χ0n) is 13.4. The molecule has 0 saturated carbocycles. The van der Waals surface area contributed by atoms with Crippen molar-refractivity contribution in [2.75, 3.05) is 26.2 Å². The van der Waals surface area contributed by atoms with Crippen LogP contribution in [0.1, 0.15) is 25.6 Å². The molecule has 1 N–H and O–H groups in total. The lowest BCUT2D eigenvalue weighted by Crippen LogP contribution is -2.39. The summed E-state index contributed by atoms with van der Waals surface area (Å²) in [4.78, 5) is 15.6. The highest BCUT2D eigenvalue weighted by Gasteiger charge is 2.15. The number of rotatable bonds is 5. The van der Waals surface area contributed by atoms with Crippen LogP contribution in [-0.4, -0.2) is 52.2 Å². The van der Waals surface area contributed by atoms with Crippen LogP contribution in [0.2, 0.25) is 0 Å². The van der Waals surface area contributed by atoms with Gasteiger partial charge in [-0.1, -0.05) is 11.2 Å². The van der Waals surface area contributed by atoms with Gasteiger partial charge in [-0.15, -0.1) is 0 Å². The van der Waals surface area contributed by atoms with E-state index in [1.54, 1.807) is 6.20 Å². The van der Waals surface area contributed by atoms with E-state index in [2.05, 4.69) is 37.3 Å². The van der Waals surface area contributed by atoms with E-state index >= 15 is 0 Å². The highest BCUT2D eigenvalue weighted by atomic mass is 16.5. The third-order valence-electron chi connectivity index (χ3n) is 3.69. The van der Waals surface area contributed by atoms with E-state index < -0.39 is 0 Å². The zero-order valence-corrected chi connectivity index (χ0v) is 13.4. The number of aromatic nitrogens is 3. The summed E-state index contributed by atoms with van der Waals surface area (Å²) in [6, 6.07) is 5.61. The number of hydrogen-bond acceptors (Lipinski definition) is 5. The SMILES string of the molecule is CCNC(=NCCc1noc(-c2ccccn2)n1)N1CCCC1. The summed E-state index contributed by atoms with van der Waals surface area (Å²) in [5, 5.41) is 7.35. The Bertz CT molecular complexity index is 633. The Morgan fingerprint density at radius 2 is 2.22 bits per heavy atom. The summed E-state index contributed by atoms with van der Waals surface area (Å²) in [7, 11) is 0. The monoisotopic (exact) mass is 314 g/mol. The van der Waals surface area contributed by atoms with Crippen LogP contribution >= 0.6 is 0 Å². The van der Waals surface area contributed by atoms with Gasteiger partial charge < -0.3 is 14.7 Å². The van der Waals surface area contributed by atoms with Gasteiger partial charge in [-0.2, -0.15) is 4.98 Å². The Balaban J connectivity index is 1.59. The molecule has 0 unspecified atom stereocenters. The second kappa shape index (κ2) is 7.71. The predicted molar refractivity (Wildman–Crippen MR) is 88.0 cm³/mol. The molecule has 0 atom stereocenters. The second-order valence-corrected chi connectivity index (χ2v) is 5.41. The number of nitrogens with one attached hydrogen (secondary N) is 1. The van der Waals surface area contributed by atoms with Crippen LogP contribution in [0.3, 0.4) is 0 Å². The molecule has 0 aliphatic carbocycles. The van der Waals surface area contributed by atoms with Crippen molar-refractivity contribution >= 4 is 5.96 Å². The van der Waals surface area contributed by atoms with Gasteiger partial charge in [0.1, 0.15) is 5.69 Å². The molecule has 0 aromatic carbocycles. The maximum atomic E-state index is 5.26. The minimum Gasteiger partial charge on any atom is -0.357 e. The average Bonchev–Trinajstić information content (AvgIpc) is 3.27. The predicted octanol–water partition coefficient (Wildman–Crippen LogP) is 1.74. The van der Waals surface area contributed by atoms with Gasteiger partial charge in [0, 0.05) is 38.8 Å². The van der Waals surface area contributed by atoms with Crippen LogP contribution in [0.25, 0.3) is 11.6 Å². The molecule has 0 radical (unpaired) electrons. The topological polar surface area (TPSA) is 79.4 Å². The van der Waals surface area contributed by atoms with Crippen molar-refractivity contribution in [2.24, 2.45) is 4.99 Å². The Kier molecular flexibility index (Phi) is 5.18. The summed E-state index contributed by atoms with van der Waals surface area (Å²) >= 11 is 0. The largest absolute Gasteiger partial charge is 0.357 e. The maximum absolute atomic E-state index is 5.26. The smallest absolute Gasteiger partial charge is 0.276 e. The lowest BCUT2D eigenvalue weighted by Gasteiger charge is -2.20. The van der Waals surface area contributed by atoms with Crippen molar-refractivity contribution in [3.8, 4) is 11.6 Å². The van der Waals surface area contributed by atoms with Gasteiger partial charge >= 0.3 is 0 Å². The molecule has 2 aromatic rings. The van der Waals surface area contributed by atoms with Crippen LogP contribution in [0.15, 0.2) is 33.9 Å². The second-order valence-electron chi connectivity index (χ2n) is 5.41. The van der Waals surface area contributed by atoms with Gasteiger partial charge in [0.25, 0.3) is 5.89 Å². The zero-order chi connectivity index (χ0) is 15.9. The van der Waals surface area contributed by atoms with Gasteiger partial charge in [-0.3, -0.25) is 9.98 Å². The summed E-state index contributed by atoms with van der Waals surface area (Å²) in [6.07, 6.45) is 4.84. The van der Waals surface area contributed by atoms with Crippen molar-refractivity contribution in [2.45, 2.75) is 26.2 Å².